The molecule has 0 aliphatic rings. The summed E-state index contributed by atoms with van der Waals surface area (Å²) in [7, 11) is 0. The van der Waals surface area contributed by atoms with Crippen molar-refractivity contribution in [1.82, 2.24) is 14.9 Å². The second-order valence-corrected chi connectivity index (χ2v) is 6.97. The van der Waals surface area contributed by atoms with Gasteiger partial charge in [0.25, 0.3) is 5.91 Å². The van der Waals surface area contributed by atoms with Gasteiger partial charge in [-0.3, -0.25) is 14.8 Å². The average molecular weight is 363 g/mol. The summed E-state index contributed by atoms with van der Waals surface area (Å²) in [6, 6.07) is 19.2. The summed E-state index contributed by atoms with van der Waals surface area (Å²) in [5.41, 5.74) is 1.61. The van der Waals surface area contributed by atoms with Gasteiger partial charge < -0.3 is 4.90 Å². The highest BCUT2D eigenvalue weighted by atomic mass is 32.2. The third kappa shape index (κ3) is 5.43. The van der Waals surface area contributed by atoms with Gasteiger partial charge in [-0.25, -0.2) is 0 Å². The third-order valence-electron chi connectivity index (χ3n) is 3.88. The van der Waals surface area contributed by atoms with E-state index in [4.69, 9.17) is 0 Å². The fraction of sp³-hybridized carbons (Fsp3) is 0.190. The van der Waals surface area contributed by atoms with E-state index in [0.717, 1.165) is 17.9 Å². The number of carbonyl (C=O) groups excluding carboxylic acids is 1. The Morgan fingerprint density at radius 1 is 0.923 bits per heavy atom. The Balaban J connectivity index is 1.61. The van der Waals surface area contributed by atoms with Crippen LogP contribution in [0, 0.1) is 0 Å². The van der Waals surface area contributed by atoms with Gasteiger partial charge in [0.2, 0.25) is 0 Å². The van der Waals surface area contributed by atoms with Gasteiger partial charge in [0.15, 0.2) is 0 Å². The quantitative estimate of drug-likeness (QED) is 0.442. The van der Waals surface area contributed by atoms with E-state index < -0.39 is 0 Å². The summed E-state index contributed by atoms with van der Waals surface area (Å²) < 4.78 is 0. The molecule has 26 heavy (non-hydrogen) atoms. The molecular weight excluding hydrogens is 342 g/mol. The molecule has 0 aliphatic heterocycles. The van der Waals surface area contributed by atoms with Gasteiger partial charge in [0.1, 0.15) is 0 Å². The standard InChI is InChI=1S/C21H21N3OS/c25-21(18-7-2-1-3-8-18)24(17-19-9-4-5-12-23-19)15-6-16-26-20-10-13-22-14-11-20/h1-5,7-14H,6,15-17H2. The number of rotatable bonds is 8. The van der Waals surface area contributed by atoms with Crippen LogP contribution in [0.5, 0.6) is 0 Å². The minimum absolute atomic E-state index is 0.0464. The molecule has 2 heterocycles. The van der Waals surface area contributed by atoms with Crippen molar-refractivity contribution in [3.8, 4) is 0 Å². The number of benzene rings is 1. The molecule has 5 heteroatoms. The van der Waals surface area contributed by atoms with Gasteiger partial charge in [-0.15, -0.1) is 11.8 Å². The van der Waals surface area contributed by atoms with Crippen LogP contribution >= 0.6 is 11.8 Å². The first kappa shape index (κ1) is 18.1. The Morgan fingerprint density at radius 3 is 2.42 bits per heavy atom. The summed E-state index contributed by atoms with van der Waals surface area (Å²) in [6.07, 6.45) is 6.28. The minimum atomic E-state index is 0.0464. The fourth-order valence-electron chi connectivity index (χ4n) is 2.58. The lowest BCUT2D eigenvalue weighted by molar-refractivity contribution is 0.0741. The van der Waals surface area contributed by atoms with Crippen LogP contribution in [0.1, 0.15) is 22.5 Å². The number of pyridine rings is 2. The van der Waals surface area contributed by atoms with E-state index in [-0.39, 0.29) is 5.91 Å². The second kappa shape index (κ2) is 9.73. The first-order chi connectivity index (χ1) is 12.8. The lowest BCUT2D eigenvalue weighted by Crippen LogP contribution is -2.32. The van der Waals surface area contributed by atoms with E-state index >= 15 is 0 Å². The average Bonchev–Trinajstić information content (AvgIpc) is 2.72. The number of amides is 1. The molecule has 0 unspecified atom stereocenters. The number of hydrogen-bond donors (Lipinski definition) is 0. The van der Waals surface area contributed by atoms with Gasteiger partial charge in [-0.05, 0) is 48.6 Å². The second-order valence-electron chi connectivity index (χ2n) is 5.80. The molecule has 0 spiro atoms. The van der Waals surface area contributed by atoms with E-state index in [2.05, 4.69) is 9.97 Å². The van der Waals surface area contributed by atoms with Crippen LogP contribution in [-0.4, -0.2) is 33.1 Å². The van der Waals surface area contributed by atoms with Crippen molar-refractivity contribution in [3.63, 3.8) is 0 Å². The minimum Gasteiger partial charge on any atom is -0.333 e. The lowest BCUT2D eigenvalue weighted by atomic mass is 10.2. The highest BCUT2D eigenvalue weighted by Gasteiger charge is 2.16. The van der Waals surface area contributed by atoms with E-state index in [9.17, 15) is 4.79 Å². The molecule has 0 N–H and O–H groups in total. The Labute approximate surface area is 158 Å². The summed E-state index contributed by atoms with van der Waals surface area (Å²) in [5.74, 6) is 0.996. The number of thioether (sulfide) groups is 1. The molecule has 132 valence electrons. The van der Waals surface area contributed by atoms with Crippen molar-refractivity contribution in [2.45, 2.75) is 17.9 Å². The molecule has 0 saturated heterocycles. The van der Waals surface area contributed by atoms with Crippen molar-refractivity contribution < 1.29 is 4.79 Å². The SMILES string of the molecule is O=C(c1ccccc1)N(CCCSc1ccncc1)Cc1ccccn1. The number of aromatic nitrogens is 2. The van der Waals surface area contributed by atoms with Gasteiger partial charge in [0.05, 0.1) is 12.2 Å². The fourth-order valence-corrected chi connectivity index (χ4v) is 3.41. The van der Waals surface area contributed by atoms with Gasteiger partial charge >= 0.3 is 0 Å². The lowest BCUT2D eigenvalue weighted by Gasteiger charge is -2.22. The first-order valence-corrected chi connectivity index (χ1v) is 9.58. The molecule has 0 aliphatic carbocycles. The zero-order chi connectivity index (χ0) is 18.0. The predicted octanol–water partition coefficient (Wildman–Crippen LogP) is 4.30. The van der Waals surface area contributed by atoms with Crippen LogP contribution in [0.15, 0.2) is 84.1 Å². The molecule has 1 aromatic carbocycles. The predicted molar refractivity (Wildman–Crippen MR) is 105 cm³/mol. The zero-order valence-corrected chi connectivity index (χ0v) is 15.3. The summed E-state index contributed by atoms with van der Waals surface area (Å²) in [5, 5.41) is 0. The molecule has 0 atom stereocenters. The number of hydrogen-bond acceptors (Lipinski definition) is 4. The van der Waals surface area contributed by atoms with Crippen molar-refractivity contribution in [3.05, 3.63) is 90.5 Å². The molecule has 3 aromatic rings. The summed E-state index contributed by atoms with van der Waals surface area (Å²) in [4.78, 5) is 24.4. The molecule has 3 rings (SSSR count). The van der Waals surface area contributed by atoms with Gasteiger partial charge in [-0.1, -0.05) is 24.3 Å². The van der Waals surface area contributed by atoms with Gasteiger partial charge in [0, 0.05) is 35.6 Å². The zero-order valence-electron chi connectivity index (χ0n) is 14.5. The molecule has 2 aromatic heterocycles. The Hall–Kier alpha value is -2.66. The molecule has 0 bridgehead atoms. The van der Waals surface area contributed by atoms with Crippen LogP contribution in [0.25, 0.3) is 0 Å². The van der Waals surface area contributed by atoms with Crippen molar-refractivity contribution in [2.75, 3.05) is 12.3 Å². The molecule has 0 radical (unpaired) electrons. The normalized spacial score (nSPS) is 10.5. The van der Waals surface area contributed by atoms with Crippen LogP contribution in [0.2, 0.25) is 0 Å². The van der Waals surface area contributed by atoms with Crippen LogP contribution < -0.4 is 0 Å². The van der Waals surface area contributed by atoms with Crippen LogP contribution in [0.3, 0.4) is 0 Å². The van der Waals surface area contributed by atoms with E-state index in [0.29, 0.717) is 18.7 Å². The first-order valence-electron chi connectivity index (χ1n) is 8.60. The molecule has 4 nitrogen and oxygen atoms in total. The monoisotopic (exact) mass is 363 g/mol. The molecule has 0 fully saturated rings. The van der Waals surface area contributed by atoms with E-state index in [1.807, 2.05) is 65.6 Å². The maximum Gasteiger partial charge on any atom is 0.254 e. The highest BCUT2D eigenvalue weighted by Crippen LogP contribution is 2.18. The molecule has 0 saturated carbocycles. The molecule has 1 amide bonds. The Kier molecular flexibility index (Phi) is 6.79. The van der Waals surface area contributed by atoms with Crippen molar-refractivity contribution in [1.29, 1.82) is 0 Å². The van der Waals surface area contributed by atoms with Crippen LogP contribution in [-0.2, 0) is 6.54 Å². The topological polar surface area (TPSA) is 46.1 Å². The number of nitrogens with zero attached hydrogens (tertiary/aromatic N) is 3. The largest absolute Gasteiger partial charge is 0.333 e. The molecular formula is C21H21N3OS. The number of carbonyl (C=O) groups is 1. The summed E-state index contributed by atoms with van der Waals surface area (Å²) in [6.45, 7) is 1.22. The Morgan fingerprint density at radius 2 is 1.69 bits per heavy atom. The smallest absolute Gasteiger partial charge is 0.254 e. The van der Waals surface area contributed by atoms with Crippen LogP contribution in [0.4, 0.5) is 0 Å². The maximum absolute atomic E-state index is 12.9. The Bertz CT molecular complexity index is 797. The van der Waals surface area contributed by atoms with E-state index in [1.165, 1.54) is 4.90 Å². The summed E-state index contributed by atoms with van der Waals surface area (Å²) >= 11 is 1.78. The van der Waals surface area contributed by atoms with Gasteiger partial charge in [-0.2, -0.15) is 0 Å². The van der Waals surface area contributed by atoms with Crippen molar-refractivity contribution in [2.24, 2.45) is 0 Å². The maximum atomic E-state index is 12.9. The third-order valence-corrected chi connectivity index (χ3v) is 4.98. The van der Waals surface area contributed by atoms with Crippen molar-refractivity contribution >= 4 is 17.7 Å². The van der Waals surface area contributed by atoms with E-state index in [1.54, 1.807) is 30.4 Å². The highest BCUT2D eigenvalue weighted by molar-refractivity contribution is 7.99.